The maximum atomic E-state index is 13.8. The number of piperidine rings is 1. The Balaban J connectivity index is 1.09. The molecule has 2 aromatic heterocycles. The molecule has 0 unspecified atom stereocenters. The third-order valence-electron chi connectivity index (χ3n) is 6.85. The Morgan fingerprint density at radius 1 is 1.00 bits per heavy atom. The van der Waals surface area contributed by atoms with Crippen LogP contribution in [0.25, 0.3) is 0 Å². The van der Waals surface area contributed by atoms with E-state index in [9.17, 15) is 18.4 Å². The molecule has 0 spiro atoms. The molecule has 11 heteroatoms. The second-order valence-corrected chi connectivity index (χ2v) is 10.1. The van der Waals surface area contributed by atoms with Crippen LogP contribution in [0.2, 0.25) is 0 Å². The molecule has 0 aliphatic carbocycles. The van der Waals surface area contributed by atoms with E-state index >= 15 is 0 Å². The Morgan fingerprint density at radius 2 is 1.76 bits per heavy atom. The number of nitrogens with zero attached hydrogens (tertiary/aromatic N) is 5. The van der Waals surface area contributed by atoms with Crippen LogP contribution in [0, 0.1) is 11.6 Å². The minimum atomic E-state index is -0.698. The lowest BCUT2D eigenvalue weighted by atomic mass is 9.98. The lowest BCUT2D eigenvalue weighted by Gasteiger charge is -2.39. The molecule has 2 saturated heterocycles. The highest BCUT2D eigenvalue weighted by molar-refractivity contribution is 7.09. The fraction of sp³-hybridized carbons (Fsp3) is 0.385. The molecular formula is C26H28F2N6O2S. The molecule has 2 aliphatic rings. The van der Waals surface area contributed by atoms with Crippen LogP contribution in [-0.4, -0.2) is 71.0 Å². The van der Waals surface area contributed by atoms with E-state index in [4.69, 9.17) is 0 Å². The van der Waals surface area contributed by atoms with E-state index in [1.54, 1.807) is 11.6 Å². The topological polar surface area (TPSA) is 81.7 Å². The second kappa shape index (κ2) is 11.2. The van der Waals surface area contributed by atoms with Crippen molar-refractivity contribution < 1.29 is 18.4 Å². The predicted octanol–water partition coefficient (Wildman–Crippen LogP) is 3.87. The third-order valence-corrected chi connectivity index (χ3v) is 7.85. The normalized spacial score (nSPS) is 16.6. The average Bonchev–Trinajstić information content (AvgIpc) is 3.43. The summed E-state index contributed by atoms with van der Waals surface area (Å²) < 4.78 is 26.9. The SMILES string of the molecule is O=C(NCc1ccc(F)cc1F)c1csc(C2CCN(C(=O)N3CCN(c4ccccn4)CC3)CC2)n1. The summed E-state index contributed by atoms with van der Waals surface area (Å²) in [6.07, 6.45) is 3.36. The summed E-state index contributed by atoms with van der Waals surface area (Å²) in [6, 6.07) is 9.19. The van der Waals surface area contributed by atoms with Gasteiger partial charge in [0.15, 0.2) is 0 Å². The summed E-state index contributed by atoms with van der Waals surface area (Å²) in [5.41, 5.74) is 0.493. The predicted molar refractivity (Wildman–Crippen MR) is 137 cm³/mol. The van der Waals surface area contributed by atoms with Gasteiger partial charge < -0.3 is 20.0 Å². The molecule has 4 heterocycles. The van der Waals surface area contributed by atoms with E-state index in [2.05, 4.69) is 20.2 Å². The van der Waals surface area contributed by atoms with E-state index in [0.29, 0.717) is 26.2 Å². The molecule has 2 aliphatic heterocycles. The van der Waals surface area contributed by atoms with Gasteiger partial charge in [-0.05, 0) is 31.0 Å². The molecule has 0 atom stereocenters. The number of urea groups is 1. The van der Waals surface area contributed by atoms with Gasteiger partial charge in [0.1, 0.15) is 23.1 Å². The van der Waals surface area contributed by atoms with Crippen LogP contribution in [0.15, 0.2) is 48.0 Å². The molecule has 1 N–H and O–H groups in total. The quantitative estimate of drug-likeness (QED) is 0.546. The minimum Gasteiger partial charge on any atom is -0.353 e. The van der Waals surface area contributed by atoms with Gasteiger partial charge in [-0.2, -0.15) is 0 Å². The zero-order valence-electron chi connectivity index (χ0n) is 20.3. The molecule has 37 heavy (non-hydrogen) atoms. The van der Waals surface area contributed by atoms with Crippen LogP contribution in [0.1, 0.15) is 39.8 Å². The highest BCUT2D eigenvalue weighted by atomic mass is 32.1. The lowest BCUT2D eigenvalue weighted by Crippen LogP contribution is -2.54. The van der Waals surface area contributed by atoms with Crippen molar-refractivity contribution in [1.29, 1.82) is 0 Å². The highest BCUT2D eigenvalue weighted by Gasteiger charge is 2.30. The van der Waals surface area contributed by atoms with E-state index in [0.717, 1.165) is 48.9 Å². The van der Waals surface area contributed by atoms with Crippen molar-refractivity contribution in [3.8, 4) is 0 Å². The first-order valence-electron chi connectivity index (χ1n) is 12.4. The Labute approximate surface area is 217 Å². The number of pyridine rings is 1. The van der Waals surface area contributed by atoms with Gasteiger partial charge in [0.25, 0.3) is 5.91 Å². The molecule has 3 aromatic rings. The number of carbonyl (C=O) groups is 2. The van der Waals surface area contributed by atoms with E-state index in [1.807, 2.05) is 28.0 Å². The number of carbonyl (C=O) groups excluding carboxylic acids is 2. The summed E-state index contributed by atoms with van der Waals surface area (Å²) in [5, 5.41) is 5.21. The maximum absolute atomic E-state index is 13.8. The molecule has 2 fully saturated rings. The summed E-state index contributed by atoms with van der Waals surface area (Å²) in [4.78, 5) is 40.5. The van der Waals surface area contributed by atoms with Crippen molar-refractivity contribution in [1.82, 2.24) is 25.1 Å². The van der Waals surface area contributed by atoms with Crippen LogP contribution in [0.3, 0.4) is 0 Å². The number of hydrogen-bond donors (Lipinski definition) is 1. The second-order valence-electron chi connectivity index (χ2n) is 9.20. The molecule has 0 saturated carbocycles. The number of amides is 3. The number of halogens is 2. The summed E-state index contributed by atoms with van der Waals surface area (Å²) in [7, 11) is 0. The molecular weight excluding hydrogens is 498 g/mol. The molecule has 1 aromatic carbocycles. The number of thiazole rings is 1. The first-order chi connectivity index (χ1) is 18.0. The van der Waals surface area contributed by atoms with Crippen molar-refractivity contribution in [2.45, 2.75) is 25.3 Å². The number of rotatable bonds is 5. The van der Waals surface area contributed by atoms with Crippen molar-refractivity contribution in [3.05, 3.63) is 75.9 Å². The molecule has 0 bridgehead atoms. The van der Waals surface area contributed by atoms with Gasteiger partial charge >= 0.3 is 6.03 Å². The van der Waals surface area contributed by atoms with E-state index in [1.165, 1.54) is 17.4 Å². The maximum Gasteiger partial charge on any atom is 0.320 e. The molecule has 194 valence electrons. The Hall–Kier alpha value is -3.60. The number of likely N-dealkylation sites (tertiary alicyclic amines) is 1. The van der Waals surface area contributed by atoms with Crippen LogP contribution in [0.4, 0.5) is 19.4 Å². The van der Waals surface area contributed by atoms with Crippen LogP contribution < -0.4 is 10.2 Å². The van der Waals surface area contributed by atoms with Crippen molar-refractivity contribution >= 4 is 29.1 Å². The zero-order chi connectivity index (χ0) is 25.8. The van der Waals surface area contributed by atoms with Gasteiger partial charge in [0, 0.05) is 74.9 Å². The fourth-order valence-corrected chi connectivity index (χ4v) is 5.67. The van der Waals surface area contributed by atoms with Gasteiger partial charge in [-0.1, -0.05) is 12.1 Å². The monoisotopic (exact) mass is 526 g/mol. The molecule has 8 nitrogen and oxygen atoms in total. The zero-order valence-corrected chi connectivity index (χ0v) is 21.1. The number of aromatic nitrogens is 2. The number of benzene rings is 1. The Morgan fingerprint density at radius 3 is 2.46 bits per heavy atom. The van der Waals surface area contributed by atoms with Crippen molar-refractivity contribution in [3.63, 3.8) is 0 Å². The summed E-state index contributed by atoms with van der Waals surface area (Å²) in [5.74, 6) is -0.632. The Kier molecular flexibility index (Phi) is 7.59. The van der Waals surface area contributed by atoms with Crippen LogP contribution in [0.5, 0.6) is 0 Å². The molecule has 5 rings (SSSR count). The van der Waals surface area contributed by atoms with Crippen molar-refractivity contribution in [2.75, 3.05) is 44.2 Å². The number of anilines is 1. The number of piperazine rings is 1. The third kappa shape index (κ3) is 5.87. The standard InChI is InChI=1S/C26H28F2N6O2S/c27-20-5-4-19(21(28)15-20)16-30-24(35)22-17-37-25(31-22)18-6-9-33(10-7-18)26(36)34-13-11-32(12-14-34)23-3-1-2-8-29-23/h1-5,8,15,17-18H,6-7,9-14,16H2,(H,30,35). The van der Waals surface area contributed by atoms with Crippen molar-refractivity contribution in [2.24, 2.45) is 0 Å². The minimum absolute atomic E-state index is 0.0472. The molecule has 3 amide bonds. The highest BCUT2D eigenvalue weighted by Crippen LogP contribution is 2.31. The van der Waals surface area contributed by atoms with Crippen LogP contribution >= 0.6 is 11.3 Å². The lowest BCUT2D eigenvalue weighted by molar-refractivity contribution is 0.0946. The molecule has 0 radical (unpaired) electrons. The Bertz CT molecular complexity index is 1240. The summed E-state index contributed by atoms with van der Waals surface area (Å²) in [6.45, 7) is 4.11. The number of nitrogens with one attached hydrogen (secondary N) is 1. The fourth-order valence-electron chi connectivity index (χ4n) is 4.70. The number of hydrogen-bond acceptors (Lipinski definition) is 6. The van der Waals surface area contributed by atoms with Gasteiger partial charge in [-0.3, -0.25) is 4.79 Å². The van der Waals surface area contributed by atoms with Gasteiger partial charge in [0.2, 0.25) is 0 Å². The van der Waals surface area contributed by atoms with E-state index < -0.39 is 17.5 Å². The average molecular weight is 527 g/mol. The first kappa shape index (κ1) is 25.1. The van der Waals surface area contributed by atoms with Gasteiger partial charge in [-0.25, -0.2) is 23.5 Å². The largest absolute Gasteiger partial charge is 0.353 e. The van der Waals surface area contributed by atoms with E-state index in [-0.39, 0.29) is 29.8 Å². The van der Waals surface area contributed by atoms with Gasteiger partial charge in [-0.15, -0.1) is 11.3 Å². The van der Waals surface area contributed by atoms with Gasteiger partial charge in [0.05, 0.1) is 5.01 Å². The smallest absolute Gasteiger partial charge is 0.320 e. The summed E-state index contributed by atoms with van der Waals surface area (Å²) >= 11 is 1.43. The first-order valence-corrected chi connectivity index (χ1v) is 13.2. The van der Waals surface area contributed by atoms with Crippen LogP contribution in [-0.2, 0) is 6.54 Å².